The van der Waals surface area contributed by atoms with E-state index in [1.165, 1.54) is 55.5 Å². The van der Waals surface area contributed by atoms with Gasteiger partial charge in [-0.25, -0.2) is 0 Å². The Morgan fingerprint density at radius 3 is 2.04 bits per heavy atom. The molecule has 146 valence electrons. The Morgan fingerprint density at radius 2 is 1.48 bits per heavy atom. The van der Waals surface area contributed by atoms with Crippen molar-refractivity contribution in [3.05, 3.63) is 65.7 Å². The zero-order valence-electron chi connectivity index (χ0n) is 17.4. The third-order valence-corrected chi connectivity index (χ3v) is 6.17. The van der Waals surface area contributed by atoms with Crippen LogP contribution in [0.4, 0.5) is 5.69 Å². The van der Waals surface area contributed by atoms with E-state index in [0.29, 0.717) is 12.1 Å². The van der Waals surface area contributed by atoms with Crippen LogP contribution in [0, 0.1) is 0 Å². The van der Waals surface area contributed by atoms with Crippen LogP contribution in [-0.4, -0.2) is 36.6 Å². The zero-order chi connectivity index (χ0) is 19.1. The van der Waals surface area contributed by atoms with Gasteiger partial charge in [0.1, 0.15) is 0 Å². The van der Waals surface area contributed by atoms with Crippen molar-refractivity contribution in [2.75, 3.05) is 24.5 Å². The fourth-order valence-corrected chi connectivity index (χ4v) is 4.72. The van der Waals surface area contributed by atoms with E-state index in [1.54, 1.807) is 0 Å². The molecular formula is C25H36N2. The molecule has 0 unspecified atom stereocenters. The quantitative estimate of drug-likeness (QED) is 0.544. The number of hydrogen-bond acceptors (Lipinski definition) is 2. The van der Waals surface area contributed by atoms with Crippen molar-refractivity contribution in [2.24, 2.45) is 0 Å². The van der Waals surface area contributed by atoms with E-state index in [2.05, 4.69) is 85.2 Å². The van der Waals surface area contributed by atoms with Gasteiger partial charge in [0.15, 0.2) is 0 Å². The van der Waals surface area contributed by atoms with Gasteiger partial charge < -0.3 is 9.80 Å². The van der Waals surface area contributed by atoms with Crippen LogP contribution >= 0.6 is 0 Å². The fourth-order valence-electron chi connectivity index (χ4n) is 4.72. The maximum absolute atomic E-state index is 2.68. The largest absolute Gasteiger partial charge is 0.368 e. The summed E-state index contributed by atoms with van der Waals surface area (Å²) in [4.78, 5) is 5.36. The Kier molecular flexibility index (Phi) is 7.34. The summed E-state index contributed by atoms with van der Waals surface area (Å²) < 4.78 is 0. The first-order valence-corrected chi connectivity index (χ1v) is 10.9. The van der Waals surface area contributed by atoms with Gasteiger partial charge in [-0.05, 0) is 68.5 Å². The van der Waals surface area contributed by atoms with E-state index in [1.807, 2.05) is 0 Å². The second-order valence-electron chi connectivity index (χ2n) is 7.84. The molecule has 0 aromatic heterocycles. The molecule has 1 atom stereocenters. The number of benzene rings is 2. The molecule has 1 aliphatic rings. The molecule has 0 heterocycles. The second kappa shape index (κ2) is 9.94. The fraction of sp³-hybridized carbons (Fsp3) is 0.520. The van der Waals surface area contributed by atoms with Gasteiger partial charge in [0, 0.05) is 24.3 Å². The van der Waals surface area contributed by atoms with Crippen LogP contribution < -0.4 is 4.90 Å². The van der Waals surface area contributed by atoms with Gasteiger partial charge in [-0.15, -0.1) is 0 Å². The van der Waals surface area contributed by atoms with Crippen LogP contribution in [0.5, 0.6) is 0 Å². The molecule has 2 aromatic carbocycles. The Hall–Kier alpha value is -1.80. The van der Waals surface area contributed by atoms with Crippen LogP contribution in [0.15, 0.2) is 54.6 Å². The molecule has 0 N–H and O–H groups in total. The lowest BCUT2D eigenvalue weighted by Gasteiger charge is -2.35. The number of para-hydroxylation sites is 1. The Bertz CT molecular complexity index is 657. The topological polar surface area (TPSA) is 6.48 Å². The molecule has 1 aliphatic carbocycles. The molecule has 0 spiro atoms. The zero-order valence-corrected chi connectivity index (χ0v) is 17.4. The lowest BCUT2D eigenvalue weighted by atomic mass is 10.1. The Labute approximate surface area is 166 Å². The molecule has 2 aromatic rings. The van der Waals surface area contributed by atoms with Crippen molar-refractivity contribution in [1.82, 2.24) is 4.90 Å². The van der Waals surface area contributed by atoms with Crippen molar-refractivity contribution < 1.29 is 0 Å². The third-order valence-electron chi connectivity index (χ3n) is 6.17. The maximum atomic E-state index is 2.68. The van der Waals surface area contributed by atoms with Crippen molar-refractivity contribution >= 4 is 5.69 Å². The first-order chi connectivity index (χ1) is 13.3. The summed E-state index contributed by atoms with van der Waals surface area (Å²) in [6.45, 7) is 10.5. The van der Waals surface area contributed by atoms with Gasteiger partial charge in [-0.2, -0.15) is 0 Å². The van der Waals surface area contributed by atoms with Gasteiger partial charge in [0.2, 0.25) is 0 Å². The summed E-state index contributed by atoms with van der Waals surface area (Å²) >= 11 is 0. The number of fused-ring (bicyclic) bond motifs is 1. The normalized spacial score (nSPS) is 15.1. The minimum absolute atomic E-state index is 0.587. The first kappa shape index (κ1) is 19.9. The monoisotopic (exact) mass is 364 g/mol. The van der Waals surface area contributed by atoms with Crippen LogP contribution in [0.3, 0.4) is 0 Å². The van der Waals surface area contributed by atoms with Crippen molar-refractivity contribution in [3.8, 4) is 0 Å². The molecule has 2 nitrogen and oxygen atoms in total. The van der Waals surface area contributed by atoms with Crippen LogP contribution in [0.1, 0.15) is 51.2 Å². The lowest BCUT2D eigenvalue weighted by molar-refractivity contribution is 0.191. The predicted octanol–water partition coefficient (Wildman–Crippen LogP) is 5.56. The summed E-state index contributed by atoms with van der Waals surface area (Å²) in [5.41, 5.74) is 4.46. The summed E-state index contributed by atoms with van der Waals surface area (Å²) in [7, 11) is 0. The van der Waals surface area contributed by atoms with Gasteiger partial charge in [-0.3, -0.25) is 0 Å². The van der Waals surface area contributed by atoms with E-state index < -0.39 is 0 Å². The average Bonchev–Trinajstić information content (AvgIpc) is 3.14. The maximum Gasteiger partial charge on any atom is 0.0370 e. The molecule has 2 heteroatoms. The average molecular weight is 365 g/mol. The highest BCUT2D eigenvalue weighted by Gasteiger charge is 2.27. The highest BCUT2D eigenvalue weighted by atomic mass is 15.2. The molecule has 0 saturated heterocycles. The second-order valence-corrected chi connectivity index (χ2v) is 7.84. The van der Waals surface area contributed by atoms with Gasteiger partial charge in [0.25, 0.3) is 0 Å². The summed E-state index contributed by atoms with van der Waals surface area (Å²) in [6, 6.07) is 21.3. The molecular weight excluding hydrogens is 328 g/mol. The molecule has 3 rings (SSSR count). The van der Waals surface area contributed by atoms with E-state index in [0.717, 1.165) is 13.1 Å². The van der Waals surface area contributed by atoms with Gasteiger partial charge >= 0.3 is 0 Å². The van der Waals surface area contributed by atoms with Crippen molar-refractivity contribution in [3.63, 3.8) is 0 Å². The van der Waals surface area contributed by atoms with E-state index in [4.69, 9.17) is 0 Å². The molecule has 0 aliphatic heterocycles. The Morgan fingerprint density at radius 1 is 0.852 bits per heavy atom. The number of nitrogens with zero attached hydrogens (tertiary/aromatic N) is 2. The predicted molar refractivity (Wildman–Crippen MR) is 118 cm³/mol. The van der Waals surface area contributed by atoms with Crippen LogP contribution in [0.25, 0.3) is 0 Å². The molecule has 27 heavy (non-hydrogen) atoms. The van der Waals surface area contributed by atoms with E-state index in [-0.39, 0.29) is 0 Å². The summed E-state index contributed by atoms with van der Waals surface area (Å²) in [5, 5.41) is 0. The number of rotatable bonds is 10. The van der Waals surface area contributed by atoms with Crippen LogP contribution in [-0.2, 0) is 12.8 Å². The van der Waals surface area contributed by atoms with E-state index in [9.17, 15) is 0 Å². The third kappa shape index (κ3) is 4.93. The minimum atomic E-state index is 0.587. The van der Waals surface area contributed by atoms with Gasteiger partial charge in [0.05, 0.1) is 0 Å². The Balaban J connectivity index is 1.74. The molecule has 0 amide bonds. The minimum Gasteiger partial charge on any atom is -0.368 e. The smallest absolute Gasteiger partial charge is 0.0370 e. The molecule has 0 bridgehead atoms. The summed E-state index contributed by atoms with van der Waals surface area (Å²) in [6.07, 6.45) is 6.07. The highest BCUT2D eigenvalue weighted by molar-refractivity contribution is 5.49. The van der Waals surface area contributed by atoms with Crippen LogP contribution in [0.2, 0.25) is 0 Å². The molecule has 0 fully saturated rings. The first-order valence-electron chi connectivity index (χ1n) is 10.9. The SMILES string of the molecule is CCCN(CC)[C@@H](CC)CCN(c1ccccc1)C1Cc2ccccc2C1. The molecule has 0 radical (unpaired) electrons. The number of anilines is 1. The van der Waals surface area contributed by atoms with Crippen molar-refractivity contribution in [2.45, 2.75) is 65.0 Å². The highest BCUT2D eigenvalue weighted by Crippen LogP contribution is 2.29. The summed E-state index contributed by atoms with van der Waals surface area (Å²) in [5.74, 6) is 0. The van der Waals surface area contributed by atoms with E-state index >= 15 is 0 Å². The number of hydrogen-bond donors (Lipinski definition) is 0. The van der Waals surface area contributed by atoms with Crippen molar-refractivity contribution in [1.29, 1.82) is 0 Å². The lowest BCUT2D eigenvalue weighted by Crippen LogP contribution is -2.42. The standard InChI is InChI=1S/C25H36N2/c1-4-17-26(6-3)23(5-2)16-18-27(24-14-8-7-9-15-24)25-19-21-12-10-11-13-22(21)20-25/h7-15,23,25H,4-6,16-20H2,1-3H3/t23-/m0/s1. The molecule has 0 saturated carbocycles. The van der Waals surface area contributed by atoms with Gasteiger partial charge in [-0.1, -0.05) is 63.2 Å².